The molecule has 1 saturated heterocycles. The first-order valence-electron chi connectivity index (χ1n) is 7.69. The third-order valence-corrected chi connectivity index (χ3v) is 5.25. The summed E-state index contributed by atoms with van der Waals surface area (Å²) < 4.78 is 12.2. The predicted molar refractivity (Wildman–Crippen MR) is 105 cm³/mol. The van der Waals surface area contributed by atoms with Gasteiger partial charge in [-0.3, -0.25) is 10.1 Å². The standard InChI is InChI=1S/C16H14Br2ClN3O4/c17-10-7-12(18)15(14(8-10)22(23)24)26-9-11-13(1-2-20-16(11)19)21-3-5-25-6-4-21/h1-2,7-8H,3-6,9H2. The van der Waals surface area contributed by atoms with Crippen molar-refractivity contribution >= 4 is 54.8 Å². The van der Waals surface area contributed by atoms with Crippen molar-refractivity contribution in [1.29, 1.82) is 0 Å². The van der Waals surface area contributed by atoms with Gasteiger partial charge in [0.25, 0.3) is 0 Å². The molecule has 0 aliphatic carbocycles. The van der Waals surface area contributed by atoms with Crippen LogP contribution in [0.4, 0.5) is 11.4 Å². The Kier molecular flexibility index (Phi) is 6.33. The van der Waals surface area contributed by atoms with Crippen LogP contribution in [0.1, 0.15) is 5.56 Å². The Bertz CT molecular complexity index is 831. The monoisotopic (exact) mass is 505 g/mol. The van der Waals surface area contributed by atoms with Crippen molar-refractivity contribution in [2.75, 3.05) is 31.2 Å². The van der Waals surface area contributed by atoms with Crippen LogP contribution in [0, 0.1) is 10.1 Å². The number of pyridine rings is 1. The van der Waals surface area contributed by atoms with Gasteiger partial charge in [-0.1, -0.05) is 27.5 Å². The topological polar surface area (TPSA) is 77.7 Å². The van der Waals surface area contributed by atoms with Gasteiger partial charge in [-0.05, 0) is 28.1 Å². The van der Waals surface area contributed by atoms with Crippen LogP contribution in [-0.4, -0.2) is 36.2 Å². The predicted octanol–water partition coefficient (Wildman–Crippen LogP) is 4.58. The van der Waals surface area contributed by atoms with Crippen molar-refractivity contribution in [1.82, 2.24) is 4.98 Å². The number of nitrogens with zero attached hydrogens (tertiary/aromatic N) is 3. The summed E-state index contributed by atoms with van der Waals surface area (Å²) in [4.78, 5) is 17.1. The smallest absolute Gasteiger partial charge is 0.313 e. The Morgan fingerprint density at radius 2 is 2.08 bits per heavy atom. The SMILES string of the molecule is O=[N+]([O-])c1cc(Br)cc(Br)c1OCc1c(N2CCOCC2)ccnc1Cl. The van der Waals surface area contributed by atoms with Crippen molar-refractivity contribution in [3.8, 4) is 5.75 Å². The summed E-state index contributed by atoms with van der Waals surface area (Å²) in [5.74, 6) is 0.144. The highest BCUT2D eigenvalue weighted by atomic mass is 79.9. The second-order valence-corrected chi connectivity index (χ2v) is 7.61. The number of benzene rings is 1. The maximum Gasteiger partial charge on any atom is 0.313 e. The van der Waals surface area contributed by atoms with Crippen LogP contribution in [0.15, 0.2) is 33.3 Å². The summed E-state index contributed by atoms with van der Waals surface area (Å²) in [6.45, 7) is 2.78. The molecule has 1 aromatic carbocycles. The Morgan fingerprint density at radius 1 is 1.35 bits per heavy atom. The average molecular weight is 508 g/mol. The molecule has 1 aromatic heterocycles. The lowest BCUT2D eigenvalue weighted by Crippen LogP contribution is -2.37. The van der Waals surface area contributed by atoms with Gasteiger partial charge < -0.3 is 14.4 Å². The van der Waals surface area contributed by atoms with Gasteiger partial charge in [-0.15, -0.1) is 0 Å². The van der Waals surface area contributed by atoms with E-state index in [4.69, 9.17) is 21.1 Å². The van der Waals surface area contributed by atoms with Gasteiger partial charge in [0.15, 0.2) is 0 Å². The van der Waals surface area contributed by atoms with E-state index in [9.17, 15) is 10.1 Å². The molecule has 0 radical (unpaired) electrons. The van der Waals surface area contributed by atoms with E-state index in [0.29, 0.717) is 32.9 Å². The second-order valence-electron chi connectivity index (χ2n) is 5.48. The summed E-state index contributed by atoms with van der Waals surface area (Å²) in [6, 6.07) is 4.95. The largest absolute Gasteiger partial charge is 0.481 e. The van der Waals surface area contributed by atoms with Crippen molar-refractivity contribution in [3.63, 3.8) is 0 Å². The highest BCUT2D eigenvalue weighted by molar-refractivity contribution is 9.11. The zero-order valence-corrected chi connectivity index (χ0v) is 17.4. The Labute approximate surface area is 171 Å². The van der Waals surface area contributed by atoms with E-state index in [-0.39, 0.29) is 18.0 Å². The summed E-state index contributed by atoms with van der Waals surface area (Å²) in [5, 5.41) is 11.7. The first-order chi connectivity index (χ1) is 12.5. The van der Waals surface area contributed by atoms with Crippen LogP contribution in [-0.2, 0) is 11.3 Å². The van der Waals surface area contributed by atoms with Gasteiger partial charge in [0.1, 0.15) is 11.8 Å². The van der Waals surface area contributed by atoms with Gasteiger partial charge >= 0.3 is 5.69 Å². The number of rotatable bonds is 5. The first-order valence-corrected chi connectivity index (χ1v) is 9.66. The van der Waals surface area contributed by atoms with Crippen LogP contribution >= 0.6 is 43.5 Å². The molecule has 2 aromatic rings. The van der Waals surface area contributed by atoms with E-state index in [1.165, 1.54) is 6.07 Å². The minimum atomic E-state index is -0.488. The molecule has 7 nitrogen and oxygen atoms in total. The van der Waals surface area contributed by atoms with E-state index in [0.717, 1.165) is 18.8 Å². The lowest BCUT2D eigenvalue weighted by molar-refractivity contribution is -0.386. The van der Waals surface area contributed by atoms with Crippen LogP contribution in [0.3, 0.4) is 0 Å². The van der Waals surface area contributed by atoms with Crippen LogP contribution in [0.5, 0.6) is 5.75 Å². The number of anilines is 1. The fraction of sp³-hybridized carbons (Fsp3) is 0.312. The molecule has 1 aliphatic heterocycles. The minimum Gasteiger partial charge on any atom is -0.481 e. The number of morpholine rings is 1. The molecule has 1 fully saturated rings. The van der Waals surface area contributed by atoms with Crippen molar-refractivity contribution in [2.24, 2.45) is 0 Å². The molecular formula is C16H14Br2ClN3O4. The third kappa shape index (κ3) is 4.28. The Balaban J connectivity index is 1.90. The van der Waals surface area contributed by atoms with Crippen molar-refractivity contribution < 1.29 is 14.4 Å². The molecular weight excluding hydrogens is 493 g/mol. The molecule has 0 unspecified atom stereocenters. The van der Waals surface area contributed by atoms with Gasteiger partial charge in [-0.2, -0.15) is 0 Å². The maximum atomic E-state index is 11.3. The molecule has 2 heterocycles. The van der Waals surface area contributed by atoms with Crippen LogP contribution < -0.4 is 9.64 Å². The maximum absolute atomic E-state index is 11.3. The van der Waals surface area contributed by atoms with Gasteiger partial charge in [0, 0.05) is 35.5 Å². The van der Waals surface area contributed by atoms with Crippen molar-refractivity contribution in [3.05, 3.63) is 54.2 Å². The molecule has 0 saturated carbocycles. The van der Waals surface area contributed by atoms with Crippen LogP contribution in [0.25, 0.3) is 0 Å². The quantitative estimate of drug-likeness (QED) is 0.335. The highest BCUT2D eigenvalue weighted by Crippen LogP contribution is 2.39. The molecule has 1 aliphatic rings. The summed E-state index contributed by atoms with van der Waals surface area (Å²) in [6.07, 6.45) is 1.63. The van der Waals surface area contributed by atoms with E-state index in [2.05, 4.69) is 41.7 Å². The van der Waals surface area contributed by atoms with Gasteiger partial charge in [0.05, 0.1) is 28.2 Å². The van der Waals surface area contributed by atoms with E-state index in [1.807, 2.05) is 6.07 Å². The highest BCUT2D eigenvalue weighted by Gasteiger charge is 2.22. The van der Waals surface area contributed by atoms with E-state index < -0.39 is 4.92 Å². The fourth-order valence-corrected chi connectivity index (χ4v) is 4.19. The summed E-state index contributed by atoms with van der Waals surface area (Å²) >= 11 is 12.8. The summed E-state index contributed by atoms with van der Waals surface area (Å²) in [5.41, 5.74) is 1.43. The number of halogens is 3. The molecule has 0 bridgehead atoms. The Morgan fingerprint density at radius 3 is 2.77 bits per heavy atom. The fourth-order valence-electron chi connectivity index (χ4n) is 2.66. The number of hydrogen-bond donors (Lipinski definition) is 0. The second kappa shape index (κ2) is 8.51. The zero-order chi connectivity index (χ0) is 18.7. The molecule has 3 rings (SSSR count). The lowest BCUT2D eigenvalue weighted by atomic mass is 10.2. The Hall–Kier alpha value is -1.42. The number of nitro groups is 1. The molecule has 0 atom stereocenters. The van der Waals surface area contributed by atoms with E-state index >= 15 is 0 Å². The molecule has 0 spiro atoms. The van der Waals surface area contributed by atoms with Gasteiger partial charge in [-0.25, -0.2) is 4.98 Å². The summed E-state index contributed by atoms with van der Waals surface area (Å²) in [7, 11) is 0. The third-order valence-electron chi connectivity index (χ3n) is 3.88. The molecule has 0 N–H and O–H groups in total. The minimum absolute atomic E-state index is 0.0560. The molecule has 26 heavy (non-hydrogen) atoms. The van der Waals surface area contributed by atoms with Crippen LogP contribution in [0.2, 0.25) is 5.15 Å². The number of aromatic nitrogens is 1. The normalized spacial score (nSPS) is 14.3. The average Bonchev–Trinajstić information content (AvgIpc) is 2.62. The zero-order valence-electron chi connectivity index (χ0n) is 13.5. The molecule has 0 amide bonds. The molecule has 138 valence electrons. The number of hydrogen-bond acceptors (Lipinski definition) is 6. The first kappa shape index (κ1) is 19.3. The van der Waals surface area contributed by atoms with Gasteiger partial charge in [0.2, 0.25) is 5.75 Å². The number of nitro benzene ring substituents is 1. The molecule has 10 heteroatoms. The lowest BCUT2D eigenvalue weighted by Gasteiger charge is -2.30. The number of ether oxygens (including phenoxy) is 2. The van der Waals surface area contributed by atoms with E-state index in [1.54, 1.807) is 12.3 Å². The van der Waals surface area contributed by atoms with Crippen molar-refractivity contribution in [2.45, 2.75) is 6.61 Å².